The third-order valence-corrected chi connectivity index (χ3v) is 3.84. The van der Waals surface area contributed by atoms with E-state index in [-0.39, 0.29) is 6.61 Å². The highest BCUT2D eigenvalue weighted by atomic mass is 16.7. The van der Waals surface area contributed by atoms with Gasteiger partial charge in [0.25, 0.3) is 0 Å². The molecule has 2 aliphatic rings. The average Bonchev–Trinajstić information content (AvgIpc) is 2.94. The number of hydrogen-bond donors (Lipinski definition) is 1. The van der Waals surface area contributed by atoms with Crippen LogP contribution in [0.25, 0.3) is 0 Å². The molecule has 1 aliphatic carbocycles. The van der Waals surface area contributed by atoms with Crippen LogP contribution in [0.5, 0.6) is 0 Å². The predicted octanol–water partition coefficient (Wildman–Crippen LogP) is 1.61. The summed E-state index contributed by atoms with van der Waals surface area (Å²) in [6.45, 7) is 3.56. The van der Waals surface area contributed by atoms with Gasteiger partial charge in [0, 0.05) is 12.2 Å². The van der Waals surface area contributed by atoms with Crippen LogP contribution in [0.4, 0.5) is 0 Å². The normalized spacial score (nSPS) is 26.1. The minimum absolute atomic E-state index is 0.272. The smallest absolute Gasteiger partial charge is 0.192 e. The molecule has 3 rings (SSSR count). The third kappa shape index (κ3) is 1.88. The molecule has 0 aromatic heterocycles. The second kappa shape index (κ2) is 4.09. The van der Waals surface area contributed by atoms with Gasteiger partial charge in [-0.2, -0.15) is 0 Å². The Balaban J connectivity index is 1.90. The van der Waals surface area contributed by atoms with Crippen LogP contribution in [0.2, 0.25) is 0 Å². The molecule has 1 fully saturated rings. The number of aliphatic hydroxyl groups excluding tert-OH is 1. The molecule has 0 unspecified atom stereocenters. The highest BCUT2D eigenvalue weighted by molar-refractivity contribution is 5.37. The summed E-state index contributed by atoms with van der Waals surface area (Å²) in [6, 6.07) is 6.41. The zero-order chi connectivity index (χ0) is 11.9. The summed E-state index contributed by atoms with van der Waals surface area (Å²) in [6.07, 6.45) is 1.96. The molecule has 3 nitrogen and oxygen atoms in total. The molecular formula is C14H18O3. The number of ether oxygens (including phenoxy) is 2. The molecular weight excluding hydrogens is 216 g/mol. The molecule has 1 saturated heterocycles. The maximum Gasteiger partial charge on any atom is 0.192 e. The van der Waals surface area contributed by atoms with Gasteiger partial charge in [-0.1, -0.05) is 18.2 Å². The minimum Gasteiger partial charge on any atom is -0.396 e. The van der Waals surface area contributed by atoms with Crippen LogP contribution in [0.1, 0.15) is 23.6 Å². The van der Waals surface area contributed by atoms with E-state index in [9.17, 15) is 5.11 Å². The van der Waals surface area contributed by atoms with Crippen LogP contribution in [0.3, 0.4) is 0 Å². The van der Waals surface area contributed by atoms with Gasteiger partial charge < -0.3 is 14.6 Å². The lowest BCUT2D eigenvalue weighted by Gasteiger charge is -2.23. The van der Waals surface area contributed by atoms with Crippen LogP contribution >= 0.6 is 0 Å². The van der Waals surface area contributed by atoms with E-state index in [1.165, 1.54) is 11.1 Å². The second-order valence-electron chi connectivity index (χ2n) is 5.08. The van der Waals surface area contributed by atoms with E-state index >= 15 is 0 Å². The summed E-state index contributed by atoms with van der Waals surface area (Å²) in [5.41, 5.74) is 3.78. The fraction of sp³-hybridized carbons (Fsp3) is 0.571. The van der Waals surface area contributed by atoms with E-state index in [0.717, 1.165) is 18.4 Å². The van der Waals surface area contributed by atoms with Crippen molar-refractivity contribution in [3.05, 3.63) is 34.9 Å². The molecule has 0 bridgehead atoms. The Hall–Kier alpha value is -0.900. The Morgan fingerprint density at radius 2 is 1.94 bits per heavy atom. The summed E-state index contributed by atoms with van der Waals surface area (Å²) in [4.78, 5) is 0. The molecule has 92 valence electrons. The fourth-order valence-electron chi connectivity index (χ4n) is 2.80. The molecule has 1 aromatic rings. The van der Waals surface area contributed by atoms with Crippen molar-refractivity contribution in [2.24, 2.45) is 5.92 Å². The first-order valence-electron chi connectivity index (χ1n) is 6.22. The Morgan fingerprint density at radius 3 is 2.65 bits per heavy atom. The van der Waals surface area contributed by atoms with Gasteiger partial charge in [-0.15, -0.1) is 0 Å². The lowest BCUT2D eigenvalue weighted by atomic mass is 10.0. The van der Waals surface area contributed by atoms with Crippen LogP contribution in [0, 0.1) is 5.92 Å². The highest BCUT2D eigenvalue weighted by Gasteiger charge is 2.34. The van der Waals surface area contributed by atoms with Gasteiger partial charge in [-0.3, -0.25) is 0 Å². The minimum atomic E-state index is -0.577. The van der Waals surface area contributed by atoms with Crippen LogP contribution in [-0.2, 0) is 28.1 Å². The number of hydrogen-bond acceptors (Lipinski definition) is 3. The number of rotatable bonds is 2. The van der Waals surface area contributed by atoms with E-state index in [1.807, 2.05) is 6.92 Å². The summed E-state index contributed by atoms with van der Waals surface area (Å²) in [7, 11) is 0. The number of benzene rings is 1. The summed E-state index contributed by atoms with van der Waals surface area (Å²) in [5.74, 6) is -0.190. The first-order chi connectivity index (χ1) is 8.21. The van der Waals surface area contributed by atoms with Gasteiger partial charge in [0.2, 0.25) is 0 Å². The van der Waals surface area contributed by atoms with Gasteiger partial charge in [0.15, 0.2) is 5.79 Å². The Bertz CT molecular complexity index is 421. The highest BCUT2D eigenvalue weighted by Crippen LogP contribution is 2.35. The van der Waals surface area contributed by atoms with Gasteiger partial charge >= 0.3 is 0 Å². The lowest BCUT2D eigenvalue weighted by Crippen LogP contribution is -2.22. The van der Waals surface area contributed by atoms with E-state index in [2.05, 4.69) is 18.2 Å². The van der Waals surface area contributed by atoms with Crippen molar-refractivity contribution in [2.45, 2.75) is 25.6 Å². The van der Waals surface area contributed by atoms with Gasteiger partial charge in [0.05, 0.1) is 13.2 Å². The topological polar surface area (TPSA) is 38.7 Å². The molecule has 3 heteroatoms. The molecule has 1 N–H and O–H groups in total. The van der Waals surface area contributed by atoms with Crippen molar-refractivity contribution < 1.29 is 14.6 Å². The van der Waals surface area contributed by atoms with Gasteiger partial charge in [-0.25, -0.2) is 0 Å². The van der Waals surface area contributed by atoms with Crippen molar-refractivity contribution in [2.75, 3.05) is 19.8 Å². The van der Waals surface area contributed by atoms with Crippen LogP contribution in [-0.4, -0.2) is 24.9 Å². The first kappa shape index (κ1) is 11.2. The Morgan fingerprint density at radius 1 is 1.24 bits per heavy atom. The Kier molecular flexibility index (Phi) is 2.69. The predicted molar refractivity (Wildman–Crippen MR) is 63.7 cm³/mol. The first-order valence-corrected chi connectivity index (χ1v) is 6.22. The van der Waals surface area contributed by atoms with Crippen molar-refractivity contribution in [3.8, 4) is 0 Å². The molecule has 1 atom stereocenters. The van der Waals surface area contributed by atoms with E-state index in [0.29, 0.717) is 19.1 Å². The molecule has 0 radical (unpaired) electrons. The van der Waals surface area contributed by atoms with Crippen LogP contribution in [0.15, 0.2) is 18.2 Å². The van der Waals surface area contributed by atoms with Crippen molar-refractivity contribution in [3.63, 3.8) is 0 Å². The van der Waals surface area contributed by atoms with Crippen LogP contribution < -0.4 is 0 Å². The average molecular weight is 234 g/mol. The molecule has 17 heavy (non-hydrogen) atoms. The summed E-state index contributed by atoms with van der Waals surface area (Å²) < 4.78 is 11.3. The third-order valence-electron chi connectivity index (χ3n) is 3.84. The molecule has 0 spiro atoms. The number of fused-ring (bicyclic) bond motifs is 1. The molecule has 0 saturated carbocycles. The van der Waals surface area contributed by atoms with Crippen molar-refractivity contribution in [1.29, 1.82) is 0 Å². The maximum absolute atomic E-state index is 9.22. The fourth-order valence-corrected chi connectivity index (χ4v) is 2.80. The van der Waals surface area contributed by atoms with Crippen molar-refractivity contribution >= 4 is 0 Å². The molecule has 0 amide bonds. The summed E-state index contributed by atoms with van der Waals surface area (Å²) >= 11 is 0. The molecule has 1 heterocycles. The SMILES string of the molecule is CC1(c2ccc3c(c2)C[C@H](CO)C3)OCCO1. The van der Waals surface area contributed by atoms with E-state index in [4.69, 9.17) is 9.47 Å². The quantitative estimate of drug-likeness (QED) is 0.845. The standard InChI is InChI=1S/C14H18O3/c1-14(16-4-5-17-14)13-3-2-11-6-10(9-15)7-12(11)8-13/h2-3,8,10,15H,4-7,9H2,1H3/t10-/m1/s1. The zero-order valence-corrected chi connectivity index (χ0v) is 10.1. The second-order valence-corrected chi connectivity index (χ2v) is 5.08. The summed E-state index contributed by atoms with van der Waals surface area (Å²) in [5, 5.41) is 9.22. The molecule has 1 aromatic carbocycles. The molecule has 1 aliphatic heterocycles. The van der Waals surface area contributed by atoms with Crippen molar-refractivity contribution in [1.82, 2.24) is 0 Å². The monoisotopic (exact) mass is 234 g/mol. The zero-order valence-electron chi connectivity index (χ0n) is 10.1. The lowest BCUT2D eigenvalue weighted by molar-refractivity contribution is -0.149. The van der Waals surface area contributed by atoms with Gasteiger partial charge in [0.1, 0.15) is 0 Å². The Labute approximate surface area is 101 Å². The van der Waals surface area contributed by atoms with E-state index < -0.39 is 5.79 Å². The largest absolute Gasteiger partial charge is 0.396 e. The van der Waals surface area contributed by atoms with Gasteiger partial charge in [-0.05, 0) is 36.8 Å². The number of aliphatic hydroxyl groups is 1. The van der Waals surface area contributed by atoms with E-state index in [1.54, 1.807) is 0 Å². The maximum atomic E-state index is 9.22.